The molecule has 7 nitrogen and oxygen atoms in total. The van der Waals surface area contributed by atoms with E-state index in [0.29, 0.717) is 18.2 Å². The van der Waals surface area contributed by atoms with Crippen LogP contribution in [0.4, 0.5) is 0 Å². The molecule has 0 unspecified atom stereocenters. The van der Waals surface area contributed by atoms with E-state index in [9.17, 15) is 9.90 Å². The summed E-state index contributed by atoms with van der Waals surface area (Å²) in [5, 5.41) is 16.2. The second-order valence-electron chi connectivity index (χ2n) is 4.34. The van der Waals surface area contributed by atoms with E-state index in [1.165, 1.54) is 11.0 Å². The Bertz CT molecular complexity index is 597. The number of carbonyl (C=O) groups is 1. The lowest BCUT2D eigenvalue weighted by molar-refractivity contribution is -0.132. The summed E-state index contributed by atoms with van der Waals surface area (Å²) in [5.74, 6) is 1.30. The molecule has 0 saturated carbocycles. The van der Waals surface area contributed by atoms with Crippen molar-refractivity contribution in [2.75, 3.05) is 13.7 Å². The number of aryl methyl sites for hydroxylation is 1. The first-order valence-corrected chi connectivity index (χ1v) is 6.09. The summed E-state index contributed by atoms with van der Waals surface area (Å²) in [7, 11) is 1.64. The van der Waals surface area contributed by atoms with Gasteiger partial charge in [0.05, 0.1) is 6.54 Å². The van der Waals surface area contributed by atoms with Gasteiger partial charge in [-0.15, -0.1) is 0 Å². The zero-order valence-electron chi connectivity index (χ0n) is 11.3. The molecule has 20 heavy (non-hydrogen) atoms. The average molecular weight is 276 g/mol. The lowest BCUT2D eigenvalue weighted by Crippen LogP contribution is -2.31. The molecule has 2 aromatic rings. The van der Waals surface area contributed by atoms with Crippen LogP contribution >= 0.6 is 0 Å². The fourth-order valence-electron chi connectivity index (χ4n) is 1.59. The van der Waals surface area contributed by atoms with Gasteiger partial charge in [-0.2, -0.15) is 5.10 Å². The van der Waals surface area contributed by atoms with E-state index in [0.717, 1.165) is 0 Å². The summed E-state index contributed by atoms with van der Waals surface area (Å²) in [6.07, 6.45) is 0. The third-order valence-corrected chi connectivity index (χ3v) is 2.66. The maximum absolute atomic E-state index is 11.9. The molecule has 0 aliphatic rings. The van der Waals surface area contributed by atoms with Crippen LogP contribution in [0.15, 0.2) is 24.3 Å². The Hall–Kier alpha value is -2.57. The van der Waals surface area contributed by atoms with Crippen LogP contribution in [0.3, 0.4) is 0 Å². The SMILES string of the molecule is Cc1nc(CN(C)C(=O)COc2ccccc2O)n[nH]1. The van der Waals surface area contributed by atoms with Crippen LogP contribution in [0.1, 0.15) is 11.6 Å². The van der Waals surface area contributed by atoms with E-state index in [2.05, 4.69) is 15.2 Å². The minimum atomic E-state index is -0.226. The van der Waals surface area contributed by atoms with Crippen LogP contribution < -0.4 is 4.74 Å². The van der Waals surface area contributed by atoms with E-state index in [-0.39, 0.29) is 24.0 Å². The van der Waals surface area contributed by atoms with E-state index in [4.69, 9.17) is 4.74 Å². The number of nitrogens with one attached hydrogen (secondary N) is 1. The van der Waals surface area contributed by atoms with Gasteiger partial charge in [0, 0.05) is 7.05 Å². The van der Waals surface area contributed by atoms with Gasteiger partial charge in [-0.3, -0.25) is 9.89 Å². The average Bonchev–Trinajstić information content (AvgIpc) is 2.82. The second kappa shape index (κ2) is 6.05. The summed E-state index contributed by atoms with van der Waals surface area (Å²) in [6, 6.07) is 6.50. The number of ether oxygens (including phenoxy) is 1. The van der Waals surface area contributed by atoms with E-state index in [1.54, 1.807) is 32.2 Å². The van der Waals surface area contributed by atoms with Crippen LogP contribution in [0.2, 0.25) is 0 Å². The zero-order chi connectivity index (χ0) is 14.5. The molecule has 1 heterocycles. The number of aromatic hydroxyl groups is 1. The van der Waals surface area contributed by atoms with Crippen molar-refractivity contribution in [1.29, 1.82) is 0 Å². The summed E-state index contributed by atoms with van der Waals surface area (Å²) in [5.41, 5.74) is 0. The van der Waals surface area contributed by atoms with E-state index >= 15 is 0 Å². The molecule has 1 aromatic heterocycles. The number of carbonyl (C=O) groups excluding carboxylic acids is 1. The van der Waals surface area contributed by atoms with Crippen LogP contribution in [0.5, 0.6) is 11.5 Å². The van der Waals surface area contributed by atoms with Crippen molar-refractivity contribution in [2.24, 2.45) is 0 Å². The zero-order valence-corrected chi connectivity index (χ0v) is 11.3. The number of hydrogen-bond donors (Lipinski definition) is 2. The van der Waals surface area contributed by atoms with Gasteiger partial charge >= 0.3 is 0 Å². The van der Waals surface area contributed by atoms with Gasteiger partial charge in [-0.05, 0) is 19.1 Å². The number of aromatic amines is 1. The molecule has 106 valence electrons. The highest BCUT2D eigenvalue weighted by molar-refractivity contribution is 5.77. The number of amides is 1. The minimum Gasteiger partial charge on any atom is -0.504 e. The highest BCUT2D eigenvalue weighted by Gasteiger charge is 2.13. The van der Waals surface area contributed by atoms with Crippen LogP contribution in [0, 0.1) is 6.92 Å². The largest absolute Gasteiger partial charge is 0.504 e. The molecule has 1 aromatic carbocycles. The summed E-state index contributed by atoms with van der Waals surface area (Å²) >= 11 is 0. The highest BCUT2D eigenvalue weighted by Crippen LogP contribution is 2.24. The van der Waals surface area contributed by atoms with E-state index in [1.807, 2.05) is 0 Å². The third kappa shape index (κ3) is 3.47. The fourth-order valence-corrected chi connectivity index (χ4v) is 1.59. The maximum atomic E-state index is 11.9. The van der Waals surface area contributed by atoms with Crippen molar-refractivity contribution in [3.05, 3.63) is 35.9 Å². The molecule has 0 atom stereocenters. The smallest absolute Gasteiger partial charge is 0.260 e. The Morgan fingerprint density at radius 3 is 2.85 bits per heavy atom. The first-order valence-electron chi connectivity index (χ1n) is 6.09. The topological polar surface area (TPSA) is 91.3 Å². The molecule has 0 spiro atoms. The third-order valence-electron chi connectivity index (χ3n) is 2.66. The Labute approximate surface area is 116 Å². The van der Waals surface area contributed by atoms with Gasteiger partial charge in [0.25, 0.3) is 5.91 Å². The van der Waals surface area contributed by atoms with Gasteiger partial charge in [-0.1, -0.05) is 12.1 Å². The van der Waals surface area contributed by atoms with Gasteiger partial charge in [-0.25, -0.2) is 4.98 Å². The molecular formula is C13H16N4O3. The number of phenolic OH excluding ortho intramolecular Hbond substituents is 1. The van der Waals surface area contributed by atoms with Crippen molar-refractivity contribution in [3.63, 3.8) is 0 Å². The van der Waals surface area contributed by atoms with Gasteiger partial charge in [0.15, 0.2) is 23.9 Å². The Balaban J connectivity index is 1.87. The van der Waals surface area contributed by atoms with Crippen LogP contribution in [-0.2, 0) is 11.3 Å². The van der Waals surface area contributed by atoms with Crippen molar-refractivity contribution in [1.82, 2.24) is 20.1 Å². The van der Waals surface area contributed by atoms with E-state index < -0.39 is 0 Å². The van der Waals surface area contributed by atoms with Gasteiger partial charge < -0.3 is 14.7 Å². The first-order chi connectivity index (χ1) is 9.56. The summed E-state index contributed by atoms with van der Waals surface area (Å²) in [6.45, 7) is 1.93. The van der Waals surface area contributed by atoms with Crippen molar-refractivity contribution in [3.8, 4) is 11.5 Å². The predicted octanol–water partition coefficient (Wildman–Crippen LogP) is 0.856. The number of H-pyrrole nitrogens is 1. The number of phenols is 1. The van der Waals surface area contributed by atoms with Crippen molar-refractivity contribution >= 4 is 5.91 Å². The Kier molecular flexibility index (Phi) is 4.19. The predicted molar refractivity (Wildman–Crippen MR) is 71.2 cm³/mol. The van der Waals surface area contributed by atoms with Gasteiger partial charge in [0.2, 0.25) is 0 Å². The molecule has 0 saturated heterocycles. The molecule has 0 fully saturated rings. The molecule has 0 bridgehead atoms. The molecule has 0 radical (unpaired) electrons. The number of aromatic nitrogens is 3. The lowest BCUT2D eigenvalue weighted by Gasteiger charge is -2.15. The maximum Gasteiger partial charge on any atom is 0.260 e. The molecule has 7 heteroatoms. The first kappa shape index (κ1) is 13.9. The number of likely N-dealkylation sites (N-methyl/N-ethyl adjacent to an activating group) is 1. The monoisotopic (exact) mass is 276 g/mol. The number of benzene rings is 1. The number of para-hydroxylation sites is 2. The molecular weight excluding hydrogens is 260 g/mol. The van der Waals surface area contributed by atoms with Crippen molar-refractivity contribution < 1.29 is 14.6 Å². The molecule has 0 aliphatic carbocycles. The number of hydrogen-bond acceptors (Lipinski definition) is 5. The minimum absolute atomic E-state index is 0.00699. The quantitative estimate of drug-likeness (QED) is 0.845. The molecule has 1 amide bonds. The second-order valence-corrected chi connectivity index (χ2v) is 4.34. The normalized spacial score (nSPS) is 10.3. The fraction of sp³-hybridized carbons (Fsp3) is 0.308. The van der Waals surface area contributed by atoms with Crippen LogP contribution in [-0.4, -0.2) is 44.7 Å². The molecule has 2 rings (SSSR count). The van der Waals surface area contributed by atoms with Crippen LogP contribution in [0.25, 0.3) is 0 Å². The Morgan fingerprint density at radius 2 is 2.20 bits per heavy atom. The van der Waals surface area contributed by atoms with Crippen molar-refractivity contribution in [2.45, 2.75) is 13.5 Å². The summed E-state index contributed by atoms with van der Waals surface area (Å²) < 4.78 is 5.27. The highest BCUT2D eigenvalue weighted by atomic mass is 16.5. The number of rotatable bonds is 5. The standard InChI is InChI=1S/C13H16N4O3/c1-9-14-12(16-15-9)7-17(2)13(19)8-20-11-6-4-3-5-10(11)18/h3-6,18H,7-8H2,1-2H3,(H,14,15,16). The van der Waals surface area contributed by atoms with Gasteiger partial charge in [0.1, 0.15) is 5.82 Å². The summed E-state index contributed by atoms with van der Waals surface area (Å²) in [4.78, 5) is 17.5. The molecule has 0 aliphatic heterocycles. The Morgan fingerprint density at radius 1 is 1.45 bits per heavy atom. The molecule has 2 N–H and O–H groups in total. The number of nitrogens with zero attached hydrogens (tertiary/aromatic N) is 3. The lowest BCUT2D eigenvalue weighted by atomic mass is 10.3.